The Morgan fingerprint density at radius 1 is 1.67 bits per heavy atom. The number of rotatable bonds is 4. The molecule has 0 aromatic carbocycles. The molecular weight excluding hydrogens is 291 g/mol. The summed E-state index contributed by atoms with van der Waals surface area (Å²) in [7, 11) is 0. The Balaban J connectivity index is 4.13. The molecule has 70 valence electrons. The van der Waals surface area contributed by atoms with E-state index in [4.69, 9.17) is 0 Å². The summed E-state index contributed by atoms with van der Waals surface area (Å²) in [4.78, 5) is 20.7. The van der Waals surface area contributed by atoms with Crippen molar-refractivity contribution in [2.24, 2.45) is 4.58 Å². The summed E-state index contributed by atoms with van der Waals surface area (Å²) in [5.74, 6) is -0.103. The van der Waals surface area contributed by atoms with Crippen molar-refractivity contribution in [3.8, 4) is 0 Å². The number of carbonyl (C=O) groups excluding carboxylic acids is 1. The lowest BCUT2D eigenvalue weighted by atomic mass is 10.2. The third kappa shape index (κ3) is 4.24. The average molecular weight is 302 g/mol. The average Bonchev–Trinajstić information content (AvgIpc) is 1.85. The maximum atomic E-state index is 10.7. The summed E-state index contributed by atoms with van der Waals surface area (Å²) in [6.07, 6.45) is 0. The first-order chi connectivity index (χ1) is 5.40. The van der Waals surface area contributed by atoms with Crippen LogP contribution in [0.3, 0.4) is 0 Å². The largest absolute Gasteiger partial charge is 0.343 e. The molecule has 0 bridgehead atoms. The van der Waals surface area contributed by atoms with Gasteiger partial charge in [-0.05, 0) is 13.8 Å². The molecular formula is C6H11IN2O2S. The second-order valence-electron chi connectivity index (χ2n) is 2.83. The lowest BCUT2D eigenvalue weighted by Crippen LogP contribution is -2.41. The minimum atomic E-state index is -0.367. The van der Waals surface area contributed by atoms with Crippen LogP contribution in [0.15, 0.2) is 4.58 Å². The van der Waals surface area contributed by atoms with Crippen LogP contribution in [0.4, 0.5) is 0 Å². The molecule has 0 heterocycles. The molecule has 1 amide bonds. The molecule has 1 N–H and O–H groups in total. The van der Waals surface area contributed by atoms with Gasteiger partial charge in [0.2, 0.25) is 5.91 Å². The van der Waals surface area contributed by atoms with Crippen molar-refractivity contribution in [2.75, 3.05) is 0 Å². The predicted molar refractivity (Wildman–Crippen MR) is 59.1 cm³/mol. The van der Waals surface area contributed by atoms with Gasteiger partial charge in [0, 0.05) is 23.5 Å². The maximum Gasteiger partial charge on any atom is 0.217 e. The third-order valence-electron chi connectivity index (χ3n) is 1.21. The molecule has 0 aliphatic carbocycles. The third-order valence-corrected chi connectivity index (χ3v) is 4.28. The number of hydrogen-bond donors (Lipinski definition) is 1. The first kappa shape index (κ1) is 12.2. The van der Waals surface area contributed by atoms with E-state index in [1.165, 1.54) is 6.92 Å². The minimum Gasteiger partial charge on any atom is -0.343 e. The number of nitroso groups, excluding NO2 is 1. The standard InChI is InChI=1S/C6H11IN2O2S/c1-4(10)8-5(7)6(2,3)12-9-11/h5H,1-3H3,(H,8,10). The van der Waals surface area contributed by atoms with Crippen LogP contribution in [0.2, 0.25) is 0 Å². The van der Waals surface area contributed by atoms with E-state index in [2.05, 4.69) is 32.5 Å². The Hall–Kier alpha value is 0.150. The zero-order valence-corrected chi connectivity index (χ0v) is 10.1. The van der Waals surface area contributed by atoms with Crippen LogP contribution >= 0.6 is 34.5 Å². The zero-order valence-electron chi connectivity index (χ0n) is 7.13. The van der Waals surface area contributed by atoms with Crippen molar-refractivity contribution in [3.63, 3.8) is 0 Å². The highest BCUT2D eigenvalue weighted by Crippen LogP contribution is 2.31. The van der Waals surface area contributed by atoms with Crippen LogP contribution in [0.5, 0.6) is 0 Å². The van der Waals surface area contributed by atoms with E-state index < -0.39 is 0 Å². The quantitative estimate of drug-likeness (QED) is 0.284. The Morgan fingerprint density at radius 3 is 2.50 bits per heavy atom. The molecule has 0 saturated carbocycles. The van der Waals surface area contributed by atoms with Crippen molar-refractivity contribution < 1.29 is 4.79 Å². The van der Waals surface area contributed by atoms with E-state index in [1.54, 1.807) is 0 Å². The Labute approximate surface area is 89.5 Å². The first-order valence-electron chi connectivity index (χ1n) is 3.32. The molecule has 0 aliphatic heterocycles. The van der Waals surface area contributed by atoms with Crippen LogP contribution in [0.1, 0.15) is 20.8 Å². The fourth-order valence-electron chi connectivity index (χ4n) is 0.495. The van der Waals surface area contributed by atoms with E-state index >= 15 is 0 Å². The number of amides is 1. The van der Waals surface area contributed by atoms with Gasteiger partial charge in [-0.2, -0.15) is 0 Å². The van der Waals surface area contributed by atoms with Crippen LogP contribution in [0, 0.1) is 4.91 Å². The Bertz CT molecular complexity index is 186. The van der Waals surface area contributed by atoms with Gasteiger partial charge in [0.25, 0.3) is 0 Å². The molecule has 0 radical (unpaired) electrons. The number of halogens is 1. The van der Waals surface area contributed by atoms with E-state index in [0.717, 1.165) is 11.9 Å². The number of alkyl halides is 1. The SMILES string of the molecule is CC(=O)NC(I)C(C)(C)SN=O. The highest BCUT2D eigenvalue weighted by molar-refractivity contribution is 14.1. The Morgan fingerprint density at radius 2 is 2.17 bits per heavy atom. The molecule has 0 spiro atoms. The molecule has 0 rings (SSSR count). The summed E-state index contributed by atoms with van der Waals surface area (Å²) in [6.45, 7) is 5.15. The highest BCUT2D eigenvalue weighted by Gasteiger charge is 2.29. The smallest absolute Gasteiger partial charge is 0.217 e. The number of nitrogens with one attached hydrogen (secondary N) is 1. The molecule has 0 aliphatic rings. The fourth-order valence-corrected chi connectivity index (χ4v) is 1.62. The lowest BCUT2D eigenvalue weighted by molar-refractivity contribution is -0.119. The van der Waals surface area contributed by atoms with Crippen molar-refractivity contribution in [3.05, 3.63) is 4.91 Å². The van der Waals surface area contributed by atoms with Gasteiger partial charge in [-0.25, -0.2) is 0 Å². The molecule has 0 aromatic rings. The molecule has 0 aromatic heterocycles. The summed E-state index contributed by atoms with van der Waals surface area (Å²) in [5.41, 5.74) is 0. The summed E-state index contributed by atoms with van der Waals surface area (Å²) in [5, 5.41) is 2.70. The van der Waals surface area contributed by atoms with Crippen molar-refractivity contribution in [1.82, 2.24) is 5.32 Å². The number of nitrogens with zero attached hydrogens (tertiary/aromatic N) is 1. The summed E-state index contributed by atoms with van der Waals surface area (Å²) < 4.78 is 2.28. The monoisotopic (exact) mass is 302 g/mol. The van der Waals surface area contributed by atoms with E-state index in [9.17, 15) is 9.70 Å². The summed E-state index contributed by atoms with van der Waals surface area (Å²) in [6, 6.07) is 0. The van der Waals surface area contributed by atoms with Gasteiger partial charge in [0.15, 0.2) is 0 Å². The van der Waals surface area contributed by atoms with Gasteiger partial charge < -0.3 is 5.32 Å². The topological polar surface area (TPSA) is 58.5 Å². The molecule has 12 heavy (non-hydrogen) atoms. The molecule has 1 unspecified atom stereocenters. The van der Waals surface area contributed by atoms with Gasteiger partial charge >= 0.3 is 0 Å². The Kier molecular flexibility index (Phi) is 5.07. The van der Waals surface area contributed by atoms with Crippen molar-refractivity contribution >= 4 is 40.4 Å². The van der Waals surface area contributed by atoms with E-state index in [0.29, 0.717) is 0 Å². The number of hydrogen-bond acceptors (Lipinski definition) is 4. The second kappa shape index (κ2) is 5.00. The van der Waals surface area contributed by atoms with Crippen molar-refractivity contribution in [1.29, 1.82) is 0 Å². The van der Waals surface area contributed by atoms with Crippen LogP contribution < -0.4 is 5.32 Å². The van der Waals surface area contributed by atoms with Gasteiger partial charge in [-0.1, -0.05) is 22.6 Å². The van der Waals surface area contributed by atoms with Gasteiger partial charge in [-0.15, -0.1) is 4.91 Å². The molecule has 0 fully saturated rings. The zero-order chi connectivity index (χ0) is 9.78. The van der Waals surface area contributed by atoms with E-state index in [-0.39, 0.29) is 14.7 Å². The van der Waals surface area contributed by atoms with Crippen molar-refractivity contribution in [2.45, 2.75) is 29.6 Å². The van der Waals surface area contributed by atoms with Crippen LogP contribution in [0.25, 0.3) is 0 Å². The first-order valence-corrected chi connectivity index (χ1v) is 5.34. The molecule has 6 heteroatoms. The van der Waals surface area contributed by atoms with Gasteiger partial charge in [0.05, 0.1) is 8.80 Å². The maximum absolute atomic E-state index is 10.7. The molecule has 4 nitrogen and oxygen atoms in total. The summed E-state index contributed by atoms with van der Waals surface area (Å²) >= 11 is 3.00. The molecule has 1 atom stereocenters. The van der Waals surface area contributed by atoms with Gasteiger partial charge in [-0.3, -0.25) is 4.79 Å². The molecule has 0 saturated heterocycles. The normalized spacial score (nSPS) is 13.7. The number of carbonyl (C=O) groups is 1. The second-order valence-corrected chi connectivity index (χ2v) is 5.46. The predicted octanol–water partition coefficient (Wildman–Crippen LogP) is 2.08. The van der Waals surface area contributed by atoms with Crippen LogP contribution in [-0.2, 0) is 4.79 Å². The van der Waals surface area contributed by atoms with Gasteiger partial charge in [0.1, 0.15) is 0 Å². The minimum absolute atomic E-state index is 0.102. The fraction of sp³-hybridized carbons (Fsp3) is 0.833. The highest BCUT2D eigenvalue weighted by atomic mass is 127. The lowest BCUT2D eigenvalue weighted by Gasteiger charge is -2.26. The van der Waals surface area contributed by atoms with Crippen LogP contribution in [-0.4, -0.2) is 14.7 Å². The van der Waals surface area contributed by atoms with E-state index in [1.807, 2.05) is 13.8 Å².